The molecule has 169 valence electrons. The van der Waals surface area contributed by atoms with E-state index in [0.717, 1.165) is 6.16 Å². The second-order valence-electron chi connectivity index (χ2n) is 7.20. The minimum absolute atomic E-state index is 1.04. The molecule has 0 aliphatic carbocycles. The molecule has 0 spiro atoms. The van der Waals surface area contributed by atoms with Gasteiger partial charge in [-0.1, -0.05) is 78.9 Å². The first-order chi connectivity index (χ1) is 15.3. The van der Waals surface area contributed by atoms with E-state index in [1.54, 1.807) is 0 Å². The molecule has 0 saturated carbocycles. The van der Waals surface area contributed by atoms with E-state index >= 15 is 0 Å². The zero-order valence-electron chi connectivity index (χ0n) is 17.5. The Labute approximate surface area is 211 Å². The fourth-order valence-electron chi connectivity index (χ4n) is 3.81. The standard InChI is InChI=1S/C26H24P.4ClH.Fe/c1-22-13-11-12-14-23(22)21-27(24-15-5-2-6-16-24,25-17-7-3-8-18-25)26-19-9-4-10-20-26;;;;;/h2-20H,21H2,1H3;4*1H;/q+1;;;;;+3/p-4. The van der Waals surface area contributed by atoms with E-state index in [2.05, 4.69) is 122 Å². The predicted molar refractivity (Wildman–Crippen MR) is 143 cm³/mol. The third kappa shape index (κ3) is 6.99. The van der Waals surface area contributed by atoms with Crippen LogP contribution in [0, 0.1) is 6.92 Å². The average molecular weight is 565 g/mol. The van der Waals surface area contributed by atoms with Crippen LogP contribution in [0.3, 0.4) is 0 Å². The van der Waals surface area contributed by atoms with Crippen LogP contribution in [-0.2, 0) is 15.4 Å². The molecular formula is C26H24Cl4FeP. The van der Waals surface area contributed by atoms with E-state index in [4.69, 9.17) is 40.4 Å². The monoisotopic (exact) mass is 563 g/mol. The Balaban J connectivity index is 0.000000523. The summed E-state index contributed by atoms with van der Waals surface area (Å²) < 4.78 is 0. The summed E-state index contributed by atoms with van der Waals surface area (Å²) in [5, 5.41) is 4.31. The number of aryl methyl sites for hydroxylation is 1. The summed E-state index contributed by atoms with van der Waals surface area (Å²) in [5.74, 6) is 0. The quantitative estimate of drug-likeness (QED) is 0.169. The van der Waals surface area contributed by atoms with Gasteiger partial charge in [-0.25, -0.2) is 0 Å². The van der Waals surface area contributed by atoms with Crippen LogP contribution in [0.1, 0.15) is 11.1 Å². The van der Waals surface area contributed by atoms with Crippen LogP contribution in [-0.4, -0.2) is 0 Å². The third-order valence-corrected chi connectivity index (χ3v) is 9.61. The zero-order valence-corrected chi connectivity index (χ0v) is 22.5. The van der Waals surface area contributed by atoms with Crippen LogP contribution in [0.25, 0.3) is 0 Å². The molecule has 0 aliphatic heterocycles. The van der Waals surface area contributed by atoms with Gasteiger partial charge in [-0.15, -0.1) is 0 Å². The summed E-state index contributed by atoms with van der Waals surface area (Å²) in [6.45, 7) is 2.23. The van der Waals surface area contributed by atoms with Crippen molar-refractivity contribution < 1.29 is 9.20 Å². The number of rotatable bonds is 5. The summed E-state index contributed by atoms with van der Waals surface area (Å²) in [4.78, 5) is 0. The van der Waals surface area contributed by atoms with Crippen molar-refractivity contribution in [3.8, 4) is 0 Å². The molecule has 0 bridgehead atoms. The second kappa shape index (κ2) is 11.9. The Bertz CT molecular complexity index is 998. The number of hydrogen-bond donors (Lipinski definition) is 0. The van der Waals surface area contributed by atoms with E-state index < -0.39 is 16.5 Å². The number of halogens is 4. The van der Waals surface area contributed by atoms with Gasteiger partial charge >= 0.3 is 49.6 Å². The molecule has 0 atom stereocenters. The van der Waals surface area contributed by atoms with Gasteiger partial charge in [0, 0.05) is 0 Å². The van der Waals surface area contributed by atoms with Crippen LogP contribution in [0.5, 0.6) is 0 Å². The van der Waals surface area contributed by atoms with Crippen molar-refractivity contribution in [1.29, 1.82) is 0 Å². The van der Waals surface area contributed by atoms with E-state index in [9.17, 15) is 0 Å². The van der Waals surface area contributed by atoms with Crippen LogP contribution in [0.15, 0.2) is 115 Å². The molecule has 0 radical (unpaired) electrons. The zero-order chi connectivity index (χ0) is 23.0. The molecule has 6 heteroatoms. The van der Waals surface area contributed by atoms with Crippen LogP contribution in [0.4, 0.5) is 0 Å². The molecule has 4 aromatic rings. The maximum absolute atomic E-state index is 4.95. The SMILES string of the molecule is Cc1ccccc1C[P+](c1ccccc1)(c1ccccc1)c1ccccc1.[Cl][Fe-]([Cl])([Cl])[Cl]. The summed E-state index contributed by atoms with van der Waals surface area (Å²) in [7, 11) is 15.4. The summed E-state index contributed by atoms with van der Waals surface area (Å²) in [6, 6.07) is 42.1. The number of benzene rings is 4. The van der Waals surface area contributed by atoms with Gasteiger partial charge in [-0.2, -0.15) is 0 Å². The fraction of sp³-hybridized carbons (Fsp3) is 0.0769. The Kier molecular flexibility index (Phi) is 9.54. The van der Waals surface area contributed by atoms with E-state index in [1.165, 1.54) is 27.0 Å². The molecule has 0 aliphatic rings. The van der Waals surface area contributed by atoms with E-state index in [1.807, 2.05) is 0 Å². The molecule has 0 fully saturated rings. The summed E-state index contributed by atoms with van der Waals surface area (Å²) >= 11 is 0. The normalized spacial score (nSPS) is 11.9. The summed E-state index contributed by atoms with van der Waals surface area (Å²) in [6.07, 6.45) is 1.04. The fourth-order valence-corrected chi connectivity index (χ4v) is 8.16. The van der Waals surface area contributed by atoms with E-state index in [0.29, 0.717) is 0 Å². The predicted octanol–water partition coefficient (Wildman–Crippen LogP) is 8.24. The van der Waals surface area contributed by atoms with Crippen molar-refractivity contribution in [2.75, 3.05) is 0 Å². The minimum atomic E-state index is -2.61. The van der Waals surface area contributed by atoms with Crippen molar-refractivity contribution in [2.24, 2.45) is 0 Å². The molecule has 0 saturated heterocycles. The molecular weight excluding hydrogens is 541 g/mol. The van der Waals surface area contributed by atoms with Gasteiger partial charge in [0.25, 0.3) is 0 Å². The van der Waals surface area contributed by atoms with Crippen molar-refractivity contribution in [2.45, 2.75) is 13.1 Å². The average Bonchev–Trinajstić information content (AvgIpc) is 2.79. The molecule has 0 amide bonds. The van der Waals surface area contributed by atoms with Crippen molar-refractivity contribution in [1.82, 2.24) is 0 Å². The van der Waals surface area contributed by atoms with Gasteiger partial charge in [-0.05, 0) is 54.4 Å². The summed E-state index contributed by atoms with van der Waals surface area (Å²) in [5.41, 5.74) is 2.80. The molecule has 4 aromatic carbocycles. The topological polar surface area (TPSA) is 0 Å². The molecule has 0 aromatic heterocycles. The molecule has 0 heterocycles. The molecule has 0 nitrogen and oxygen atoms in total. The Morgan fingerprint density at radius 1 is 0.531 bits per heavy atom. The van der Waals surface area contributed by atoms with Gasteiger partial charge in [0.2, 0.25) is 0 Å². The molecule has 4 rings (SSSR count). The second-order valence-corrected chi connectivity index (χ2v) is 21.6. The van der Waals surface area contributed by atoms with Gasteiger partial charge in [-0.3, -0.25) is 0 Å². The van der Waals surface area contributed by atoms with Gasteiger partial charge in [0.1, 0.15) is 23.2 Å². The van der Waals surface area contributed by atoms with Crippen LogP contribution in [0.2, 0.25) is 0 Å². The Hall–Kier alpha value is -1.01. The Morgan fingerprint density at radius 3 is 1.19 bits per heavy atom. The first-order valence-electron chi connectivity index (χ1n) is 9.93. The molecule has 0 unspecified atom stereocenters. The van der Waals surface area contributed by atoms with Gasteiger partial charge in [0.15, 0.2) is 0 Å². The van der Waals surface area contributed by atoms with E-state index in [-0.39, 0.29) is 0 Å². The third-order valence-electron chi connectivity index (χ3n) is 5.26. The first-order valence-corrected chi connectivity index (χ1v) is 18.0. The van der Waals surface area contributed by atoms with Crippen molar-refractivity contribution in [3.63, 3.8) is 0 Å². The Morgan fingerprint density at radius 2 is 0.844 bits per heavy atom. The van der Waals surface area contributed by atoms with Gasteiger partial charge in [0.05, 0.1) is 6.16 Å². The number of hydrogen-bond acceptors (Lipinski definition) is 0. The van der Waals surface area contributed by atoms with Gasteiger partial charge < -0.3 is 0 Å². The van der Waals surface area contributed by atoms with Crippen LogP contribution >= 0.6 is 47.7 Å². The first kappa shape index (κ1) is 25.6. The van der Waals surface area contributed by atoms with Crippen molar-refractivity contribution in [3.05, 3.63) is 126 Å². The molecule has 32 heavy (non-hydrogen) atoms. The molecule has 0 N–H and O–H groups in total. The van der Waals surface area contributed by atoms with Crippen LogP contribution < -0.4 is 15.9 Å². The van der Waals surface area contributed by atoms with Crippen molar-refractivity contribution >= 4 is 63.6 Å². The maximum atomic E-state index is 4.95.